The smallest absolute Gasteiger partial charge is 0.307 e. The maximum Gasteiger partial charge on any atom is 0.307 e. The number of hydrogen-bond donors (Lipinski definition) is 1. The lowest BCUT2D eigenvalue weighted by Gasteiger charge is -2.30. The van der Waals surface area contributed by atoms with E-state index in [0.717, 1.165) is 43.5 Å². The molecule has 0 bridgehead atoms. The minimum absolute atomic E-state index is 0.00653. The number of ether oxygens (including phenoxy) is 1. The van der Waals surface area contributed by atoms with Gasteiger partial charge >= 0.3 is 5.97 Å². The number of halogens is 4. The third-order valence-electron chi connectivity index (χ3n) is 5.02. The van der Waals surface area contributed by atoms with Crippen LogP contribution in [0.4, 0.5) is 17.6 Å². The van der Waals surface area contributed by atoms with Gasteiger partial charge < -0.3 is 9.84 Å². The van der Waals surface area contributed by atoms with Gasteiger partial charge in [-0.2, -0.15) is 0 Å². The first-order valence-electron chi connectivity index (χ1n) is 9.53. The number of carboxylic acid groups (broad SMARTS) is 1. The van der Waals surface area contributed by atoms with Crippen LogP contribution < -0.4 is 0 Å². The Kier molecular flexibility index (Phi) is 7.10. The lowest BCUT2D eigenvalue weighted by atomic mass is 9.98. The molecule has 1 N–H and O–H groups in total. The molecule has 1 saturated heterocycles. The number of nitrogens with zero attached hydrogens (tertiary/aromatic N) is 1. The summed E-state index contributed by atoms with van der Waals surface area (Å²) in [5.74, 6) is -4.64. The second kappa shape index (κ2) is 9.75. The number of carboxylic acids is 1. The zero-order valence-electron chi connectivity index (χ0n) is 16.1. The van der Waals surface area contributed by atoms with E-state index in [1.54, 1.807) is 0 Å². The van der Waals surface area contributed by atoms with Crippen molar-refractivity contribution in [2.24, 2.45) is 5.92 Å². The highest BCUT2D eigenvalue weighted by atomic mass is 19.1. The fourth-order valence-corrected chi connectivity index (χ4v) is 3.47. The molecule has 0 aromatic heterocycles. The van der Waals surface area contributed by atoms with Gasteiger partial charge in [-0.25, -0.2) is 17.6 Å². The van der Waals surface area contributed by atoms with Gasteiger partial charge in [0, 0.05) is 41.9 Å². The molecule has 1 fully saturated rings. The summed E-state index contributed by atoms with van der Waals surface area (Å²) in [5.41, 5.74) is -0.177. The second-order valence-corrected chi connectivity index (χ2v) is 7.13. The van der Waals surface area contributed by atoms with Crippen LogP contribution in [-0.2, 0) is 9.53 Å². The van der Waals surface area contributed by atoms with Crippen molar-refractivity contribution in [2.75, 3.05) is 26.2 Å². The highest BCUT2D eigenvalue weighted by Gasteiger charge is 2.25. The highest BCUT2D eigenvalue weighted by molar-refractivity contribution is 5.79. The van der Waals surface area contributed by atoms with E-state index in [1.165, 1.54) is 0 Å². The molecular formula is C22H21F4NO3. The van der Waals surface area contributed by atoms with Crippen molar-refractivity contribution in [3.05, 3.63) is 77.1 Å². The first kappa shape index (κ1) is 21.8. The fraction of sp³-hybridized carbons (Fsp3) is 0.318. The molecule has 0 amide bonds. The molecular weight excluding hydrogens is 402 g/mol. The van der Waals surface area contributed by atoms with Gasteiger partial charge in [-0.15, -0.1) is 0 Å². The number of aliphatic carboxylic acids is 1. The normalized spacial score (nSPS) is 16.9. The molecule has 0 unspecified atom stereocenters. The molecule has 0 spiro atoms. The maximum absolute atomic E-state index is 14.3. The predicted molar refractivity (Wildman–Crippen MR) is 103 cm³/mol. The van der Waals surface area contributed by atoms with Crippen LogP contribution in [0.25, 0.3) is 5.57 Å². The van der Waals surface area contributed by atoms with Crippen LogP contribution in [0, 0.1) is 29.2 Å². The van der Waals surface area contributed by atoms with E-state index >= 15 is 0 Å². The van der Waals surface area contributed by atoms with Crippen molar-refractivity contribution in [1.29, 1.82) is 0 Å². The summed E-state index contributed by atoms with van der Waals surface area (Å²) in [6.07, 6.45) is 2.55. The molecule has 30 heavy (non-hydrogen) atoms. The standard InChI is InChI=1S/C22H21F4NO3/c23-15-3-5-17(20(25)10-15)19(18-6-4-16(24)11-21(18)26)13-30-9-8-27-7-1-2-14(12-27)22(28)29/h3-6,10-11,13-14H,1-2,7-9,12H2,(H,28,29)/t14-/m1/s1. The second-order valence-electron chi connectivity index (χ2n) is 7.13. The Morgan fingerprint density at radius 3 is 2.20 bits per heavy atom. The molecule has 0 aliphatic carbocycles. The summed E-state index contributed by atoms with van der Waals surface area (Å²) < 4.78 is 60.7. The number of piperidine rings is 1. The van der Waals surface area contributed by atoms with Gasteiger partial charge in [-0.1, -0.05) is 0 Å². The fourth-order valence-electron chi connectivity index (χ4n) is 3.47. The van der Waals surface area contributed by atoms with E-state index < -0.39 is 35.2 Å². The van der Waals surface area contributed by atoms with Crippen LogP contribution in [0.3, 0.4) is 0 Å². The van der Waals surface area contributed by atoms with E-state index in [2.05, 4.69) is 0 Å². The summed E-state index contributed by atoms with van der Waals surface area (Å²) in [5, 5.41) is 9.15. The average Bonchev–Trinajstić information content (AvgIpc) is 2.70. The number of hydrogen-bond acceptors (Lipinski definition) is 3. The number of rotatable bonds is 7. The zero-order chi connectivity index (χ0) is 21.7. The highest BCUT2D eigenvalue weighted by Crippen LogP contribution is 2.29. The molecule has 0 saturated carbocycles. The largest absolute Gasteiger partial charge is 0.499 e. The molecule has 2 aromatic carbocycles. The Labute approximate surface area is 171 Å². The topological polar surface area (TPSA) is 49.8 Å². The summed E-state index contributed by atoms with van der Waals surface area (Å²) in [4.78, 5) is 13.1. The van der Waals surface area contributed by atoms with E-state index in [1.807, 2.05) is 4.90 Å². The van der Waals surface area contributed by atoms with Crippen LogP contribution in [0.1, 0.15) is 24.0 Å². The van der Waals surface area contributed by atoms with Gasteiger partial charge in [0.1, 0.15) is 29.9 Å². The summed E-state index contributed by atoms with van der Waals surface area (Å²) in [6.45, 7) is 1.74. The SMILES string of the molecule is O=C(O)[C@@H]1CCCN(CCOC=C(c2ccc(F)cc2F)c2ccc(F)cc2F)C1. The Bertz CT molecular complexity index is 894. The molecule has 1 aliphatic rings. The Morgan fingerprint density at radius 1 is 1.07 bits per heavy atom. The monoisotopic (exact) mass is 423 g/mol. The van der Waals surface area contributed by atoms with E-state index in [0.29, 0.717) is 31.6 Å². The number of likely N-dealkylation sites (tertiary alicyclic amines) is 1. The zero-order valence-corrected chi connectivity index (χ0v) is 16.1. The van der Waals surface area contributed by atoms with Crippen molar-refractivity contribution in [3.8, 4) is 0 Å². The maximum atomic E-state index is 14.3. The predicted octanol–water partition coefficient (Wildman–Crippen LogP) is 4.45. The van der Waals surface area contributed by atoms with Crippen LogP contribution in [-0.4, -0.2) is 42.2 Å². The van der Waals surface area contributed by atoms with Gasteiger partial charge in [-0.05, 0) is 43.7 Å². The minimum Gasteiger partial charge on any atom is -0.499 e. The first-order valence-corrected chi connectivity index (χ1v) is 9.53. The number of benzene rings is 2. The Balaban J connectivity index is 1.77. The van der Waals surface area contributed by atoms with E-state index in [4.69, 9.17) is 9.84 Å². The van der Waals surface area contributed by atoms with E-state index in [-0.39, 0.29) is 23.3 Å². The van der Waals surface area contributed by atoms with Crippen molar-refractivity contribution < 1.29 is 32.2 Å². The van der Waals surface area contributed by atoms with Gasteiger partial charge in [0.2, 0.25) is 0 Å². The Morgan fingerprint density at radius 2 is 1.67 bits per heavy atom. The molecule has 2 aromatic rings. The molecule has 0 radical (unpaired) electrons. The summed E-state index contributed by atoms with van der Waals surface area (Å²) >= 11 is 0. The van der Waals surface area contributed by atoms with Crippen molar-refractivity contribution in [3.63, 3.8) is 0 Å². The van der Waals surface area contributed by atoms with Gasteiger partial charge in [0.15, 0.2) is 0 Å². The van der Waals surface area contributed by atoms with Crippen molar-refractivity contribution in [2.45, 2.75) is 12.8 Å². The molecule has 3 rings (SSSR count). The van der Waals surface area contributed by atoms with Crippen LogP contribution in [0.15, 0.2) is 42.7 Å². The summed E-state index contributed by atoms with van der Waals surface area (Å²) in [6, 6.07) is 5.73. The van der Waals surface area contributed by atoms with Gasteiger partial charge in [0.05, 0.1) is 12.2 Å². The van der Waals surface area contributed by atoms with Crippen molar-refractivity contribution >= 4 is 11.5 Å². The van der Waals surface area contributed by atoms with Gasteiger partial charge in [0.25, 0.3) is 0 Å². The minimum atomic E-state index is -0.908. The van der Waals surface area contributed by atoms with E-state index in [9.17, 15) is 22.4 Å². The van der Waals surface area contributed by atoms with Crippen LogP contribution >= 0.6 is 0 Å². The number of carbonyl (C=O) groups is 1. The molecule has 1 heterocycles. The third-order valence-corrected chi connectivity index (χ3v) is 5.02. The lowest BCUT2D eigenvalue weighted by Crippen LogP contribution is -2.40. The van der Waals surface area contributed by atoms with Crippen LogP contribution in [0.2, 0.25) is 0 Å². The average molecular weight is 423 g/mol. The molecule has 1 atom stereocenters. The quantitative estimate of drug-likeness (QED) is 0.406. The van der Waals surface area contributed by atoms with Crippen molar-refractivity contribution in [1.82, 2.24) is 4.90 Å². The van der Waals surface area contributed by atoms with Crippen LogP contribution in [0.5, 0.6) is 0 Å². The molecule has 4 nitrogen and oxygen atoms in total. The molecule has 1 aliphatic heterocycles. The molecule has 160 valence electrons. The molecule has 8 heteroatoms. The van der Waals surface area contributed by atoms with Gasteiger partial charge in [-0.3, -0.25) is 9.69 Å². The Hall–Kier alpha value is -2.87. The summed E-state index contributed by atoms with van der Waals surface area (Å²) in [7, 11) is 0. The first-order chi connectivity index (χ1) is 14.3. The third kappa shape index (κ3) is 5.38. The lowest BCUT2D eigenvalue weighted by molar-refractivity contribution is -0.143.